The molecule has 0 radical (unpaired) electrons. The third-order valence-electron chi connectivity index (χ3n) is 4.47. The van der Waals surface area contributed by atoms with Crippen LogP contribution in [-0.4, -0.2) is 30.4 Å². The van der Waals surface area contributed by atoms with Crippen LogP contribution in [0.3, 0.4) is 0 Å². The summed E-state index contributed by atoms with van der Waals surface area (Å²) in [7, 11) is 1.51. The van der Waals surface area contributed by atoms with E-state index in [1.54, 1.807) is 42.2 Å². The minimum Gasteiger partial charge on any atom is -0.495 e. The maximum absolute atomic E-state index is 12.6. The van der Waals surface area contributed by atoms with Gasteiger partial charge in [-0.05, 0) is 37.6 Å². The molecule has 1 heterocycles. The largest absolute Gasteiger partial charge is 0.495 e. The predicted molar refractivity (Wildman–Crippen MR) is 100 cm³/mol. The zero-order valence-electron chi connectivity index (χ0n) is 15.0. The number of hydrogen-bond acceptors (Lipinski definition) is 5. The molecule has 1 aliphatic heterocycles. The number of nitro groups is 1. The van der Waals surface area contributed by atoms with Gasteiger partial charge in [0.2, 0.25) is 5.91 Å². The van der Waals surface area contributed by atoms with Gasteiger partial charge in [-0.25, -0.2) is 0 Å². The molecule has 2 amide bonds. The summed E-state index contributed by atoms with van der Waals surface area (Å²) in [6.45, 7) is 2.16. The van der Waals surface area contributed by atoms with Crippen molar-refractivity contribution in [3.8, 4) is 5.75 Å². The molecule has 1 fully saturated rings. The Morgan fingerprint density at radius 3 is 2.70 bits per heavy atom. The van der Waals surface area contributed by atoms with Gasteiger partial charge in [0, 0.05) is 24.2 Å². The lowest BCUT2D eigenvalue weighted by Crippen LogP contribution is -2.24. The second-order valence-electron chi connectivity index (χ2n) is 6.22. The Morgan fingerprint density at radius 2 is 2.07 bits per heavy atom. The Labute approximate surface area is 155 Å². The maximum atomic E-state index is 12.6. The summed E-state index contributed by atoms with van der Waals surface area (Å²) in [5.41, 5.74) is 1.15. The summed E-state index contributed by atoms with van der Waals surface area (Å²) in [6.07, 6.45) is 1.23. The molecule has 0 aromatic heterocycles. The summed E-state index contributed by atoms with van der Waals surface area (Å²) < 4.78 is 5.32. The minimum absolute atomic E-state index is 0.00824. The summed E-state index contributed by atoms with van der Waals surface area (Å²) in [5, 5.41) is 14.0. The van der Waals surface area contributed by atoms with Crippen LogP contribution in [0.1, 0.15) is 28.8 Å². The molecular formula is C19H19N3O5. The van der Waals surface area contributed by atoms with Crippen LogP contribution in [0.4, 0.5) is 17.1 Å². The van der Waals surface area contributed by atoms with E-state index in [0.717, 1.165) is 6.42 Å². The molecule has 0 unspecified atom stereocenters. The zero-order chi connectivity index (χ0) is 19.6. The number of hydrogen-bond donors (Lipinski definition) is 1. The summed E-state index contributed by atoms with van der Waals surface area (Å²) in [5.74, 6) is -0.0786. The highest BCUT2D eigenvalue weighted by molar-refractivity contribution is 6.08. The van der Waals surface area contributed by atoms with Gasteiger partial charge in [-0.2, -0.15) is 0 Å². The second kappa shape index (κ2) is 7.45. The molecule has 8 nitrogen and oxygen atoms in total. The number of benzene rings is 2. The van der Waals surface area contributed by atoms with Crippen LogP contribution in [-0.2, 0) is 4.79 Å². The first-order valence-electron chi connectivity index (χ1n) is 8.46. The number of carbonyl (C=O) groups excluding carboxylic acids is 2. The van der Waals surface area contributed by atoms with E-state index in [1.807, 2.05) is 0 Å². The number of nitro benzene ring substituents is 1. The second-order valence-corrected chi connectivity index (χ2v) is 6.22. The van der Waals surface area contributed by atoms with E-state index < -0.39 is 10.8 Å². The number of anilines is 2. The van der Waals surface area contributed by atoms with Gasteiger partial charge in [0.05, 0.1) is 17.7 Å². The Hall–Kier alpha value is -3.42. The van der Waals surface area contributed by atoms with Crippen molar-refractivity contribution in [2.24, 2.45) is 0 Å². The average molecular weight is 369 g/mol. The van der Waals surface area contributed by atoms with Gasteiger partial charge in [-0.1, -0.05) is 12.1 Å². The predicted octanol–water partition coefficient (Wildman–Crippen LogP) is 3.29. The summed E-state index contributed by atoms with van der Waals surface area (Å²) in [4.78, 5) is 37.0. The van der Waals surface area contributed by atoms with Crippen molar-refractivity contribution < 1.29 is 19.2 Å². The van der Waals surface area contributed by atoms with Gasteiger partial charge in [0.15, 0.2) is 0 Å². The third-order valence-corrected chi connectivity index (χ3v) is 4.47. The molecule has 0 aliphatic carbocycles. The van der Waals surface area contributed by atoms with E-state index in [-0.39, 0.29) is 17.2 Å². The van der Waals surface area contributed by atoms with Crippen LogP contribution in [0.2, 0.25) is 0 Å². The number of methoxy groups -OCH3 is 1. The van der Waals surface area contributed by atoms with Crippen LogP contribution in [0.5, 0.6) is 5.75 Å². The highest BCUT2D eigenvalue weighted by atomic mass is 16.6. The van der Waals surface area contributed by atoms with Gasteiger partial charge in [0.1, 0.15) is 11.3 Å². The highest BCUT2D eigenvalue weighted by Gasteiger charge is 2.26. The first-order valence-corrected chi connectivity index (χ1v) is 8.46. The normalized spacial score (nSPS) is 13.6. The lowest BCUT2D eigenvalue weighted by atomic mass is 10.1. The summed E-state index contributed by atoms with van der Waals surface area (Å²) in [6, 6.07) is 9.51. The average Bonchev–Trinajstić information content (AvgIpc) is 3.06. The van der Waals surface area contributed by atoms with E-state index >= 15 is 0 Å². The standard InChI is InChI=1S/C19H19N3O5/c1-12-5-3-6-14(18(12)22(25)26)19(24)20-13-8-9-16(27-2)15(11-13)21-10-4-7-17(21)23/h3,5-6,8-9,11H,4,7,10H2,1-2H3,(H,20,24). The quantitative estimate of drug-likeness (QED) is 0.644. The molecule has 3 rings (SSSR count). The zero-order valence-corrected chi connectivity index (χ0v) is 15.0. The number of ether oxygens (including phenoxy) is 1. The van der Waals surface area contributed by atoms with Crippen LogP contribution in [0.15, 0.2) is 36.4 Å². The lowest BCUT2D eigenvalue weighted by Gasteiger charge is -2.20. The number of rotatable bonds is 5. The molecule has 0 bridgehead atoms. The third kappa shape index (κ3) is 3.59. The number of amides is 2. The molecule has 1 N–H and O–H groups in total. The number of carbonyl (C=O) groups is 2. The molecule has 0 saturated carbocycles. The van der Waals surface area contributed by atoms with Gasteiger partial charge < -0.3 is 15.0 Å². The lowest BCUT2D eigenvalue weighted by molar-refractivity contribution is -0.385. The smallest absolute Gasteiger partial charge is 0.285 e. The Morgan fingerprint density at radius 1 is 1.30 bits per heavy atom. The van der Waals surface area contributed by atoms with Crippen LogP contribution >= 0.6 is 0 Å². The monoisotopic (exact) mass is 369 g/mol. The molecule has 2 aromatic carbocycles. The first kappa shape index (κ1) is 18.4. The van der Waals surface area contributed by atoms with Crippen molar-refractivity contribution in [3.63, 3.8) is 0 Å². The Balaban J connectivity index is 1.93. The van der Waals surface area contributed by atoms with Crippen LogP contribution < -0.4 is 15.0 Å². The Kier molecular flexibility index (Phi) is 5.07. The molecule has 8 heteroatoms. The molecule has 1 aliphatic rings. The molecule has 1 saturated heterocycles. The topological polar surface area (TPSA) is 102 Å². The van der Waals surface area contributed by atoms with Gasteiger partial charge in [-0.3, -0.25) is 19.7 Å². The van der Waals surface area contributed by atoms with E-state index in [1.165, 1.54) is 13.2 Å². The van der Waals surface area contributed by atoms with E-state index in [2.05, 4.69) is 5.32 Å². The van der Waals surface area contributed by atoms with Crippen molar-refractivity contribution in [1.82, 2.24) is 0 Å². The molecule has 0 spiro atoms. The number of nitrogens with zero attached hydrogens (tertiary/aromatic N) is 2. The van der Waals surface area contributed by atoms with E-state index in [4.69, 9.17) is 4.74 Å². The fourth-order valence-electron chi connectivity index (χ4n) is 3.16. The first-order chi connectivity index (χ1) is 12.9. The maximum Gasteiger partial charge on any atom is 0.285 e. The molecule has 27 heavy (non-hydrogen) atoms. The van der Waals surface area contributed by atoms with E-state index in [0.29, 0.717) is 35.7 Å². The van der Waals surface area contributed by atoms with Gasteiger partial charge >= 0.3 is 0 Å². The minimum atomic E-state index is -0.589. The van der Waals surface area contributed by atoms with Crippen LogP contribution in [0, 0.1) is 17.0 Å². The fraction of sp³-hybridized carbons (Fsp3) is 0.263. The fourth-order valence-corrected chi connectivity index (χ4v) is 3.16. The molecule has 2 aromatic rings. The van der Waals surface area contributed by atoms with Gasteiger partial charge in [0.25, 0.3) is 11.6 Å². The Bertz CT molecular complexity index is 926. The van der Waals surface area contributed by atoms with Crippen molar-refractivity contribution >= 4 is 28.9 Å². The number of aryl methyl sites for hydroxylation is 1. The van der Waals surface area contributed by atoms with Crippen molar-refractivity contribution in [2.45, 2.75) is 19.8 Å². The number of para-hydroxylation sites is 1. The SMILES string of the molecule is COc1ccc(NC(=O)c2cccc(C)c2[N+](=O)[O-])cc1N1CCCC1=O. The summed E-state index contributed by atoms with van der Waals surface area (Å²) >= 11 is 0. The molecule has 0 atom stereocenters. The highest BCUT2D eigenvalue weighted by Crippen LogP contribution is 2.34. The van der Waals surface area contributed by atoms with Crippen molar-refractivity contribution in [3.05, 3.63) is 57.6 Å². The van der Waals surface area contributed by atoms with Crippen LogP contribution in [0.25, 0.3) is 0 Å². The van der Waals surface area contributed by atoms with Crippen molar-refractivity contribution in [2.75, 3.05) is 23.9 Å². The van der Waals surface area contributed by atoms with Gasteiger partial charge in [-0.15, -0.1) is 0 Å². The van der Waals surface area contributed by atoms with E-state index in [9.17, 15) is 19.7 Å². The van der Waals surface area contributed by atoms with Crippen molar-refractivity contribution in [1.29, 1.82) is 0 Å². The number of nitrogens with one attached hydrogen (secondary N) is 1. The molecular weight excluding hydrogens is 350 g/mol. The molecule has 140 valence electrons.